The maximum absolute atomic E-state index is 13.6. The number of nitrogens with one attached hydrogen (secondary N) is 1. The lowest BCUT2D eigenvalue weighted by atomic mass is 9.89. The lowest BCUT2D eigenvalue weighted by molar-refractivity contribution is -0.143. The SMILES string of the molecule is CC1=CC(C)(C)N2C(=O)[C@]3(Nc4ccccc4CO3)c3cccc1c32. The molecule has 1 amide bonds. The van der Waals surface area contributed by atoms with Crippen molar-refractivity contribution in [2.75, 3.05) is 10.2 Å². The molecule has 1 spiro atoms. The first kappa shape index (κ1) is 14.7. The van der Waals surface area contributed by atoms with Crippen molar-refractivity contribution in [1.29, 1.82) is 0 Å². The van der Waals surface area contributed by atoms with Crippen LogP contribution in [0.2, 0.25) is 0 Å². The number of ether oxygens (including phenoxy) is 1. The number of amides is 1. The second kappa shape index (κ2) is 4.52. The summed E-state index contributed by atoms with van der Waals surface area (Å²) in [5.41, 5.74) is 4.67. The van der Waals surface area contributed by atoms with Crippen LogP contribution in [0, 0.1) is 0 Å². The summed E-state index contributed by atoms with van der Waals surface area (Å²) in [5.74, 6) is -0.0433. The second-order valence-corrected chi connectivity index (χ2v) is 7.58. The zero-order chi connectivity index (χ0) is 17.4. The average molecular weight is 332 g/mol. The van der Waals surface area contributed by atoms with Crippen LogP contribution in [-0.4, -0.2) is 11.4 Å². The standard InChI is InChI=1S/C21H20N2O2/c1-13-11-20(2,3)23-18-15(13)8-6-9-16(18)21(19(23)24)22-17-10-5-4-7-14(17)12-25-21/h4-11,22H,12H2,1-3H3/t21-/m0/s1. The Hall–Kier alpha value is -2.59. The monoisotopic (exact) mass is 332 g/mol. The lowest BCUT2D eigenvalue weighted by Gasteiger charge is -2.40. The number of allylic oxidation sites excluding steroid dienone is 1. The Morgan fingerprint density at radius 2 is 1.92 bits per heavy atom. The average Bonchev–Trinajstić information content (AvgIpc) is 2.83. The Bertz CT molecular complexity index is 960. The van der Waals surface area contributed by atoms with E-state index in [1.54, 1.807) is 0 Å². The van der Waals surface area contributed by atoms with E-state index in [2.05, 4.69) is 38.2 Å². The van der Waals surface area contributed by atoms with Gasteiger partial charge in [-0.2, -0.15) is 0 Å². The van der Waals surface area contributed by atoms with Gasteiger partial charge in [-0.15, -0.1) is 0 Å². The summed E-state index contributed by atoms with van der Waals surface area (Å²) >= 11 is 0. The number of anilines is 2. The molecule has 0 unspecified atom stereocenters. The quantitative estimate of drug-likeness (QED) is 0.792. The molecule has 4 heteroatoms. The van der Waals surface area contributed by atoms with Crippen molar-refractivity contribution in [1.82, 2.24) is 0 Å². The van der Waals surface area contributed by atoms with Crippen molar-refractivity contribution >= 4 is 22.9 Å². The molecule has 1 N–H and O–H groups in total. The molecule has 3 aliphatic heterocycles. The molecule has 5 rings (SSSR count). The van der Waals surface area contributed by atoms with Gasteiger partial charge in [0, 0.05) is 22.4 Å². The third-order valence-corrected chi connectivity index (χ3v) is 5.49. The highest BCUT2D eigenvalue weighted by Gasteiger charge is 2.58. The molecule has 2 aromatic rings. The van der Waals surface area contributed by atoms with E-state index >= 15 is 0 Å². The predicted octanol–water partition coefficient (Wildman–Crippen LogP) is 4.02. The van der Waals surface area contributed by atoms with Crippen molar-refractivity contribution in [3.63, 3.8) is 0 Å². The van der Waals surface area contributed by atoms with Crippen molar-refractivity contribution in [3.8, 4) is 0 Å². The minimum atomic E-state index is -1.14. The lowest BCUT2D eigenvalue weighted by Crippen LogP contribution is -2.55. The smallest absolute Gasteiger partial charge is 0.286 e. The van der Waals surface area contributed by atoms with Crippen LogP contribution in [0.15, 0.2) is 48.5 Å². The van der Waals surface area contributed by atoms with Gasteiger partial charge in [-0.05, 0) is 32.4 Å². The van der Waals surface area contributed by atoms with Gasteiger partial charge in [0.2, 0.25) is 5.72 Å². The van der Waals surface area contributed by atoms with Crippen molar-refractivity contribution in [2.45, 2.75) is 38.6 Å². The van der Waals surface area contributed by atoms with Crippen LogP contribution >= 0.6 is 0 Å². The maximum Gasteiger partial charge on any atom is 0.286 e. The highest BCUT2D eigenvalue weighted by Crippen LogP contribution is 2.53. The van der Waals surface area contributed by atoms with Crippen LogP contribution < -0.4 is 10.2 Å². The minimum Gasteiger partial charge on any atom is -0.345 e. The topological polar surface area (TPSA) is 41.6 Å². The molecule has 0 saturated carbocycles. The summed E-state index contributed by atoms with van der Waals surface area (Å²) in [5, 5.41) is 3.41. The molecular formula is C21H20N2O2. The number of carbonyl (C=O) groups excluding carboxylic acids is 1. The molecule has 126 valence electrons. The van der Waals surface area contributed by atoms with Gasteiger partial charge in [0.25, 0.3) is 5.91 Å². The number of nitrogens with zero attached hydrogens (tertiary/aromatic N) is 1. The summed E-state index contributed by atoms with van der Waals surface area (Å²) in [6.07, 6.45) is 2.16. The zero-order valence-corrected chi connectivity index (χ0v) is 14.6. The van der Waals surface area contributed by atoms with Gasteiger partial charge in [0.1, 0.15) is 0 Å². The number of rotatable bonds is 0. The van der Waals surface area contributed by atoms with E-state index in [1.165, 1.54) is 5.57 Å². The number of para-hydroxylation sites is 2. The fraction of sp³-hybridized carbons (Fsp3) is 0.286. The van der Waals surface area contributed by atoms with Gasteiger partial charge in [0.05, 0.1) is 17.8 Å². The van der Waals surface area contributed by atoms with E-state index in [4.69, 9.17) is 4.74 Å². The molecule has 3 aliphatic rings. The molecular weight excluding hydrogens is 312 g/mol. The number of hydrogen-bond donors (Lipinski definition) is 1. The zero-order valence-electron chi connectivity index (χ0n) is 14.6. The summed E-state index contributed by atoms with van der Waals surface area (Å²) in [6.45, 7) is 6.67. The van der Waals surface area contributed by atoms with Gasteiger partial charge in [-0.25, -0.2) is 0 Å². The van der Waals surface area contributed by atoms with Gasteiger partial charge in [0.15, 0.2) is 0 Å². The number of carbonyl (C=O) groups is 1. The van der Waals surface area contributed by atoms with Crippen molar-refractivity contribution < 1.29 is 9.53 Å². The third-order valence-electron chi connectivity index (χ3n) is 5.49. The van der Waals surface area contributed by atoms with E-state index in [1.807, 2.05) is 41.3 Å². The molecule has 0 radical (unpaired) electrons. The van der Waals surface area contributed by atoms with Crippen LogP contribution in [0.4, 0.5) is 11.4 Å². The highest BCUT2D eigenvalue weighted by atomic mass is 16.5. The largest absolute Gasteiger partial charge is 0.345 e. The van der Waals surface area contributed by atoms with Gasteiger partial charge >= 0.3 is 0 Å². The summed E-state index contributed by atoms with van der Waals surface area (Å²) in [6, 6.07) is 14.1. The van der Waals surface area contributed by atoms with Crippen LogP contribution in [0.1, 0.15) is 37.5 Å². The van der Waals surface area contributed by atoms with Gasteiger partial charge < -0.3 is 10.1 Å². The first-order valence-corrected chi connectivity index (χ1v) is 8.62. The molecule has 0 fully saturated rings. The second-order valence-electron chi connectivity index (χ2n) is 7.58. The molecule has 0 saturated heterocycles. The van der Waals surface area contributed by atoms with Gasteiger partial charge in [-0.3, -0.25) is 9.69 Å². The first-order chi connectivity index (χ1) is 11.9. The van der Waals surface area contributed by atoms with Crippen molar-refractivity contribution in [2.24, 2.45) is 0 Å². The summed E-state index contributed by atoms with van der Waals surface area (Å²) in [4.78, 5) is 15.5. The Morgan fingerprint density at radius 1 is 1.12 bits per heavy atom. The van der Waals surface area contributed by atoms with Crippen LogP contribution in [0.3, 0.4) is 0 Å². The number of fused-ring (bicyclic) bond motifs is 2. The highest BCUT2D eigenvalue weighted by molar-refractivity contribution is 6.13. The van der Waals surface area contributed by atoms with Crippen LogP contribution in [0.25, 0.3) is 5.57 Å². The van der Waals surface area contributed by atoms with Crippen LogP contribution in [0.5, 0.6) is 0 Å². The molecule has 0 aromatic heterocycles. The molecule has 2 aromatic carbocycles. The van der Waals surface area contributed by atoms with Crippen LogP contribution in [-0.2, 0) is 21.9 Å². The maximum atomic E-state index is 13.6. The first-order valence-electron chi connectivity index (χ1n) is 8.62. The minimum absolute atomic E-state index is 0.0433. The van der Waals surface area contributed by atoms with E-state index in [0.29, 0.717) is 6.61 Å². The fourth-order valence-electron chi connectivity index (χ4n) is 4.42. The number of benzene rings is 2. The van der Waals surface area contributed by atoms with E-state index < -0.39 is 11.3 Å². The van der Waals surface area contributed by atoms with E-state index in [0.717, 1.165) is 28.1 Å². The summed E-state index contributed by atoms with van der Waals surface area (Å²) in [7, 11) is 0. The van der Waals surface area contributed by atoms with Gasteiger partial charge in [-0.1, -0.05) is 42.5 Å². The Kier molecular flexibility index (Phi) is 2.66. The normalized spacial score (nSPS) is 25.3. The summed E-state index contributed by atoms with van der Waals surface area (Å²) < 4.78 is 6.21. The predicted molar refractivity (Wildman–Crippen MR) is 98.2 cm³/mol. The molecule has 4 nitrogen and oxygen atoms in total. The van der Waals surface area contributed by atoms with E-state index in [-0.39, 0.29) is 5.91 Å². The molecule has 3 heterocycles. The Labute approximate surface area is 147 Å². The Morgan fingerprint density at radius 3 is 2.76 bits per heavy atom. The number of hydrogen-bond acceptors (Lipinski definition) is 3. The molecule has 0 aliphatic carbocycles. The fourth-order valence-corrected chi connectivity index (χ4v) is 4.42. The molecule has 1 atom stereocenters. The third kappa shape index (κ3) is 1.72. The molecule has 25 heavy (non-hydrogen) atoms. The molecule has 0 bridgehead atoms. The van der Waals surface area contributed by atoms with Crippen molar-refractivity contribution in [3.05, 3.63) is 65.2 Å². The van der Waals surface area contributed by atoms with E-state index in [9.17, 15) is 4.79 Å². The Balaban J connectivity index is 1.76.